The third kappa shape index (κ3) is 3.43. The molecule has 0 aliphatic heterocycles. The maximum atomic E-state index is 13.3. The lowest BCUT2D eigenvalue weighted by Crippen LogP contribution is -2.71. The molecule has 0 saturated heterocycles. The van der Waals surface area contributed by atoms with E-state index in [-0.39, 0.29) is 33.5 Å². The van der Waals surface area contributed by atoms with Crippen molar-refractivity contribution >= 4 is 11.7 Å². The molecule has 5 rings (SSSR count). The molecule has 4 heteroatoms. The lowest BCUT2D eigenvalue weighted by Gasteiger charge is -2.73. The van der Waals surface area contributed by atoms with Crippen molar-refractivity contribution in [1.29, 1.82) is 0 Å². The normalized spacial score (nSPS) is 47.9. The molecule has 0 radical (unpaired) electrons. The van der Waals surface area contributed by atoms with Crippen LogP contribution in [0.3, 0.4) is 0 Å². The van der Waals surface area contributed by atoms with Gasteiger partial charge >= 0.3 is 0 Å². The van der Waals surface area contributed by atoms with Crippen LogP contribution in [0.4, 0.5) is 0 Å². The molecule has 5 aliphatic rings. The van der Waals surface area contributed by atoms with Crippen molar-refractivity contribution in [2.24, 2.45) is 56.7 Å². The summed E-state index contributed by atoms with van der Waals surface area (Å²) >= 11 is 0. The topological polar surface area (TPSA) is 66.4 Å². The third-order valence-corrected chi connectivity index (χ3v) is 13.9. The molecule has 5 aliphatic carbocycles. The minimum Gasteiger partial charge on any atom is -0.370 e. The summed E-state index contributed by atoms with van der Waals surface area (Å²) < 4.78 is 0. The number of aliphatic hydroxyl groups is 1. The summed E-state index contributed by atoms with van der Waals surface area (Å²) in [5, 5.41) is 15.0. The molecule has 4 fully saturated rings. The molecule has 0 aromatic carbocycles. The van der Waals surface area contributed by atoms with Gasteiger partial charge < -0.3 is 10.4 Å². The van der Waals surface area contributed by atoms with Crippen molar-refractivity contribution in [3.63, 3.8) is 0 Å². The molecule has 0 aromatic heterocycles. The van der Waals surface area contributed by atoms with Crippen molar-refractivity contribution in [3.8, 4) is 0 Å². The highest BCUT2D eigenvalue weighted by molar-refractivity contribution is 6.00. The van der Waals surface area contributed by atoms with Gasteiger partial charge in [-0.05, 0) is 102 Å². The Morgan fingerprint density at radius 3 is 2.11 bits per heavy atom. The first-order valence-electron chi connectivity index (χ1n) is 15.7. The number of carbonyl (C=O) groups is 2. The van der Waals surface area contributed by atoms with Crippen molar-refractivity contribution < 1.29 is 14.7 Å². The Balaban J connectivity index is 1.53. The van der Waals surface area contributed by atoms with E-state index in [9.17, 15) is 14.7 Å². The van der Waals surface area contributed by atoms with Crippen LogP contribution in [0.2, 0.25) is 0 Å². The summed E-state index contributed by atoms with van der Waals surface area (Å²) in [7, 11) is 0. The molecular weight excluding hydrogens is 470 g/mol. The van der Waals surface area contributed by atoms with Crippen LogP contribution in [0.15, 0.2) is 11.1 Å². The number of amides is 1. The van der Waals surface area contributed by atoms with Gasteiger partial charge in [0, 0.05) is 17.8 Å². The van der Waals surface area contributed by atoms with Crippen LogP contribution in [0, 0.1) is 56.7 Å². The summed E-state index contributed by atoms with van der Waals surface area (Å²) in [6.45, 7) is 22.8. The summed E-state index contributed by atoms with van der Waals surface area (Å²) in [5.41, 5.74) is 1.73. The van der Waals surface area contributed by atoms with Crippen molar-refractivity contribution in [2.45, 2.75) is 133 Å². The summed E-state index contributed by atoms with van der Waals surface area (Å²) in [6.07, 6.45) is 9.27. The largest absolute Gasteiger partial charge is 0.370 e. The Bertz CT molecular complexity index is 1070. The predicted octanol–water partition coefficient (Wildman–Crippen LogP) is 7.45. The lowest BCUT2D eigenvalue weighted by molar-refractivity contribution is -0.258. The van der Waals surface area contributed by atoms with E-state index in [2.05, 4.69) is 60.7 Å². The van der Waals surface area contributed by atoms with Gasteiger partial charge in [0.15, 0.2) is 5.78 Å². The molecule has 0 aromatic rings. The van der Waals surface area contributed by atoms with Crippen LogP contribution < -0.4 is 5.32 Å². The predicted molar refractivity (Wildman–Crippen MR) is 153 cm³/mol. The monoisotopic (exact) mass is 525 g/mol. The van der Waals surface area contributed by atoms with Gasteiger partial charge in [0.05, 0.1) is 0 Å². The quantitative estimate of drug-likeness (QED) is 0.376. The lowest BCUT2D eigenvalue weighted by atomic mass is 9.32. The Hall–Kier alpha value is -1.16. The number of allylic oxidation sites excluding steroid dienone is 2. The van der Waals surface area contributed by atoms with E-state index in [4.69, 9.17) is 0 Å². The highest BCUT2D eigenvalue weighted by Crippen LogP contribution is 2.77. The maximum Gasteiger partial charge on any atom is 0.224 e. The van der Waals surface area contributed by atoms with E-state index >= 15 is 0 Å². The average molecular weight is 526 g/mol. The van der Waals surface area contributed by atoms with Crippen LogP contribution >= 0.6 is 0 Å². The fourth-order valence-corrected chi connectivity index (χ4v) is 11.4. The van der Waals surface area contributed by atoms with Gasteiger partial charge in [0.2, 0.25) is 5.91 Å². The Kier molecular flexibility index (Phi) is 6.29. The minimum absolute atomic E-state index is 0.0524. The van der Waals surface area contributed by atoms with Crippen LogP contribution in [-0.2, 0) is 9.59 Å². The SMILES string of the molecule is CC(C)C(=O)N[C@]1(O)CC[C@]2(C)[C@H]3CC[C@@H]4C5=C(C(C)C)C(=O)C[C@]5(C)CC[C@@]4(C)[C@]3(C)CC[C@H]2C1(C)C. The third-order valence-electron chi connectivity index (χ3n) is 13.9. The Morgan fingerprint density at radius 1 is 0.842 bits per heavy atom. The van der Waals surface area contributed by atoms with Crippen molar-refractivity contribution in [3.05, 3.63) is 11.1 Å². The first-order valence-corrected chi connectivity index (χ1v) is 15.7. The van der Waals surface area contributed by atoms with Crippen LogP contribution in [0.5, 0.6) is 0 Å². The van der Waals surface area contributed by atoms with E-state index < -0.39 is 11.1 Å². The van der Waals surface area contributed by atoms with Gasteiger partial charge in [-0.1, -0.05) is 74.8 Å². The molecule has 4 saturated carbocycles. The molecule has 8 atom stereocenters. The number of hydrogen-bond donors (Lipinski definition) is 2. The maximum absolute atomic E-state index is 13.3. The number of carbonyl (C=O) groups excluding carboxylic acids is 2. The first-order chi connectivity index (χ1) is 17.4. The summed E-state index contributed by atoms with van der Waals surface area (Å²) in [5.74, 6) is 1.97. The Labute approximate surface area is 232 Å². The van der Waals surface area contributed by atoms with Crippen molar-refractivity contribution in [2.75, 3.05) is 0 Å². The Morgan fingerprint density at radius 2 is 1.50 bits per heavy atom. The van der Waals surface area contributed by atoms with Gasteiger partial charge in [0.25, 0.3) is 0 Å². The van der Waals surface area contributed by atoms with E-state index in [1.165, 1.54) is 24.8 Å². The van der Waals surface area contributed by atoms with Gasteiger partial charge in [0.1, 0.15) is 5.72 Å². The van der Waals surface area contributed by atoms with Crippen LogP contribution in [0.25, 0.3) is 0 Å². The number of ketones is 1. The molecule has 1 amide bonds. The van der Waals surface area contributed by atoms with E-state index in [1.807, 2.05) is 13.8 Å². The highest BCUT2D eigenvalue weighted by atomic mass is 16.3. The fourth-order valence-electron chi connectivity index (χ4n) is 11.4. The second-order valence-corrected chi connectivity index (χ2v) is 16.5. The van der Waals surface area contributed by atoms with Crippen LogP contribution in [0.1, 0.15) is 127 Å². The average Bonchev–Trinajstić information content (AvgIpc) is 3.08. The molecule has 2 N–H and O–H groups in total. The van der Waals surface area contributed by atoms with Gasteiger partial charge in [-0.25, -0.2) is 0 Å². The zero-order valence-corrected chi connectivity index (χ0v) is 26.0. The molecule has 4 nitrogen and oxygen atoms in total. The second kappa shape index (κ2) is 8.43. The molecular formula is C34H55NO3. The fraction of sp³-hybridized carbons (Fsp3) is 0.882. The van der Waals surface area contributed by atoms with Gasteiger partial charge in [-0.15, -0.1) is 0 Å². The minimum atomic E-state index is -1.17. The molecule has 0 spiro atoms. The van der Waals surface area contributed by atoms with E-state index in [0.29, 0.717) is 35.9 Å². The number of hydrogen-bond acceptors (Lipinski definition) is 3. The smallest absolute Gasteiger partial charge is 0.224 e. The molecule has 0 unspecified atom stereocenters. The zero-order valence-electron chi connectivity index (χ0n) is 26.0. The number of Topliss-reactive ketones (excluding diaryl/α,β-unsaturated/α-hetero) is 1. The number of nitrogens with one attached hydrogen (secondary N) is 1. The standard InChI is InChI=1S/C34H55NO3/c1-20(2)26-23(36)19-30(7)15-17-32(9)22(27(26)30)11-12-25-31(8)16-18-34(38,35-28(37)21(3)4)29(5,6)24(31)13-14-33(25,32)10/h20-22,24-25,38H,11-19H2,1-10H3,(H,35,37)/t22-,24+,25-,30+,31+,32-,33-,34+/m1/s1. The van der Waals surface area contributed by atoms with E-state index in [0.717, 1.165) is 32.1 Å². The van der Waals surface area contributed by atoms with Crippen LogP contribution in [-0.4, -0.2) is 22.5 Å². The van der Waals surface area contributed by atoms with E-state index in [1.54, 1.807) is 5.57 Å². The first kappa shape index (κ1) is 28.4. The molecule has 0 heterocycles. The molecule has 38 heavy (non-hydrogen) atoms. The van der Waals surface area contributed by atoms with Crippen molar-refractivity contribution in [1.82, 2.24) is 5.32 Å². The second-order valence-electron chi connectivity index (χ2n) is 16.5. The number of fused-ring (bicyclic) bond motifs is 7. The van der Waals surface area contributed by atoms with Gasteiger partial charge in [-0.3, -0.25) is 9.59 Å². The number of rotatable bonds is 3. The summed E-state index contributed by atoms with van der Waals surface area (Å²) in [6, 6.07) is 0. The molecule has 0 bridgehead atoms. The molecule has 214 valence electrons. The zero-order chi connectivity index (χ0) is 28.3. The van der Waals surface area contributed by atoms with Gasteiger partial charge in [-0.2, -0.15) is 0 Å². The summed E-state index contributed by atoms with van der Waals surface area (Å²) in [4.78, 5) is 26.0. The highest BCUT2D eigenvalue weighted by Gasteiger charge is 2.71.